The van der Waals surface area contributed by atoms with Gasteiger partial charge in [0.15, 0.2) is 5.84 Å². The maximum Gasteiger partial charge on any atom is 0.172 e. The minimum absolute atomic E-state index is 0.0101. The highest BCUT2D eigenvalue weighted by molar-refractivity contribution is 5.89. The number of allylic oxidation sites excluding steroid dienone is 2. The molecular formula is C12H22N2O3. The molecule has 1 saturated carbocycles. The molecule has 1 fully saturated rings. The molecule has 5 heteroatoms. The SMILES string of the molecule is C/C=C(\C)O/N=C(\N)C1(OCCO)CCCC1. The third-order valence-electron chi connectivity index (χ3n) is 3.04. The first-order valence-corrected chi connectivity index (χ1v) is 6.03. The second-order valence-corrected chi connectivity index (χ2v) is 4.24. The Balaban J connectivity index is 2.69. The number of hydrogen-bond donors (Lipinski definition) is 2. The summed E-state index contributed by atoms with van der Waals surface area (Å²) in [5.74, 6) is 1.06. The van der Waals surface area contributed by atoms with Gasteiger partial charge in [0.1, 0.15) is 11.4 Å². The molecule has 0 atom stereocenters. The summed E-state index contributed by atoms with van der Waals surface area (Å²) in [6.07, 6.45) is 5.60. The van der Waals surface area contributed by atoms with Crippen LogP contribution in [0.1, 0.15) is 39.5 Å². The van der Waals surface area contributed by atoms with Gasteiger partial charge in [-0.25, -0.2) is 0 Å². The van der Waals surface area contributed by atoms with Gasteiger partial charge >= 0.3 is 0 Å². The predicted octanol–water partition coefficient (Wildman–Crippen LogP) is 1.52. The Morgan fingerprint density at radius 2 is 2.12 bits per heavy atom. The van der Waals surface area contributed by atoms with Crippen LogP contribution in [0.4, 0.5) is 0 Å². The molecule has 0 aliphatic heterocycles. The van der Waals surface area contributed by atoms with Crippen LogP contribution in [0.5, 0.6) is 0 Å². The van der Waals surface area contributed by atoms with Crippen LogP contribution >= 0.6 is 0 Å². The van der Waals surface area contributed by atoms with Crippen molar-refractivity contribution in [2.75, 3.05) is 13.2 Å². The Morgan fingerprint density at radius 3 is 2.65 bits per heavy atom. The molecule has 0 aromatic rings. The number of nitrogens with zero attached hydrogens (tertiary/aromatic N) is 1. The first-order valence-electron chi connectivity index (χ1n) is 6.03. The molecule has 0 aromatic heterocycles. The minimum atomic E-state index is -0.545. The molecule has 0 spiro atoms. The summed E-state index contributed by atoms with van der Waals surface area (Å²) < 4.78 is 5.66. The molecule has 5 nitrogen and oxygen atoms in total. The largest absolute Gasteiger partial charge is 0.394 e. The Hall–Kier alpha value is -1.07. The molecule has 0 aromatic carbocycles. The van der Waals surface area contributed by atoms with Crippen LogP contribution in [0.2, 0.25) is 0 Å². The summed E-state index contributed by atoms with van der Waals surface area (Å²) in [5, 5.41) is 12.8. The molecule has 0 saturated heterocycles. The lowest BCUT2D eigenvalue weighted by Crippen LogP contribution is -2.44. The van der Waals surface area contributed by atoms with E-state index in [-0.39, 0.29) is 13.2 Å². The number of ether oxygens (including phenoxy) is 1. The van der Waals surface area contributed by atoms with E-state index in [9.17, 15) is 0 Å². The van der Waals surface area contributed by atoms with Crippen LogP contribution in [0.3, 0.4) is 0 Å². The Kier molecular flexibility index (Phi) is 5.44. The molecule has 1 aliphatic rings. The number of aliphatic hydroxyl groups is 1. The fraction of sp³-hybridized carbons (Fsp3) is 0.750. The maximum atomic E-state index is 8.83. The molecule has 98 valence electrons. The van der Waals surface area contributed by atoms with Crippen LogP contribution in [0.15, 0.2) is 17.0 Å². The van der Waals surface area contributed by atoms with Gasteiger partial charge in [-0.1, -0.05) is 5.16 Å². The highest BCUT2D eigenvalue weighted by Gasteiger charge is 2.39. The molecule has 0 radical (unpaired) electrons. The van der Waals surface area contributed by atoms with Gasteiger partial charge in [0.05, 0.1) is 13.2 Å². The topological polar surface area (TPSA) is 77.1 Å². The number of aliphatic hydroxyl groups excluding tert-OH is 1. The second kappa shape index (κ2) is 6.61. The quantitative estimate of drug-likeness (QED) is 0.320. The fourth-order valence-corrected chi connectivity index (χ4v) is 1.92. The van der Waals surface area contributed by atoms with E-state index in [2.05, 4.69) is 5.16 Å². The van der Waals surface area contributed by atoms with E-state index < -0.39 is 5.60 Å². The Bertz CT molecular complexity index is 294. The zero-order valence-electron chi connectivity index (χ0n) is 10.6. The lowest BCUT2D eigenvalue weighted by molar-refractivity contribution is -0.00932. The summed E-state index contributed by atoms with van der Waals surface area (Å²) in [4.78, 5) is 5.15. The highest BCUT2D eigenvalue weighted by atomic mass is 16.6. The second-order valence-electron chi connectivity index (χ2n) is 4.24. The predicted molar refractivity (Wildman–Crippen MR) is 66.4 cm³/mol. The lowest BCUT2D eigenvalue weighted by Gasteiger charge is -2.27. The first kappa shape index (κ1) is 14.0. The lowest BCUT2D eigenvalue weighted by atomic mass is 10.0. The van der Waals surface area contributed by atoms with E-state index >= 15 is 0 Å². The molecule has 1 rings (SSSR count). The van der Waals surface area contributed by atoms with Gasteiger partial charge in [-0.05, 0) is 45.6 Å². The van der Waals surface area contributed by atoms with Gasteiger partial charge in [0.2, 0.25) is 0 Å². The van der Waals surface area contributed by atoms with Gasteiger partial charge in [0.25, 0.3) is 0 Å². The molecule has 0 heterocycles. The van der Waals surface area contributed by atoms with Crippen molar-refractivity contribution in [1.29, 1.82) is 0 Å². The van der Waals surface area contributed by atoms with Crippen molar-refractivity contribution < 1.29 is 14.7 Å². The van der Waals surface area contributed by atoms with E-state index in [0.29, 0.717) is 11.6 Å². The fourth-order valence-electron chi connectivity index (χ4n) is 1.92. The normalized spacial score (nSPS) is 20.6. The van der Waals surface area contributed by atoms with Crippen LogP contribution in [-0.2, 0) is 9.57 Å². The summed E-state index contributed by atoms with van der Waals surface area (Å²) in [5.41, 5.74) is 5.40. The molecule has 3 N–H and O–H groups in total. The van der Waals surface area contributed by atoms with Crippen molar-refractivity contribution in [2.45, 2.75) is 45.1 Å². The number of nitrogens with two attached hydrogens (primary N) is 1. The van der Waals surface area contributed by atoms with Crippen LogP contribution < -0.4 is 5.73 Å². The highest BCUT2D eigenvalue weighted by Crippen LogP contribution is 2.33. The van der Waals surface area contributed by atoms with Gasteiger partial charge in [-0.3, -0.25) is 0 Å². The smallest absolute Gasteiger partial charge is 0.172 e. The Labute approximate surface area is 102 Å². The van der Waals surface area contributed by atoms with Gasteiger partial charge in [0, 0.05) is 0 Å². The molecule has 17 heavy (non-hydrogen) atoms. The summed E-state index contributed by atoms with van der Waals surface area (Å²) in [6.45, 7) is 3.95. The summed E-state index contributed by atoms with van der Waals surface area (Å²) in [6, 6.07) is 0. The minimum Gasteiger partial charge on any atom is -0.394 e. The van der Waals surface area contributed by atoms with E-state index in [4.69, 9.17) is 20.4 Å². The van der Waals surface area contributed by atoms with Crippen molar-refractivity contribution in [1.82, 2.24) is 0 Å². The van der Waals surface area contributed by atoms with Crippen molar-refractivity contribution in [3.63, 3.8) is 0 Å². The van der Waals surface area contributed by atoms with E-state index in [1.165, 1.54) is 0 Å². The van der Waals surface area contributed by atoms with Gasteiger partial charge in [-0.2, -0.15) is 0 Å². The molecule has 0 amide bonds. The average molecular weight is 242 g/mol. The number of hydrogen-bond acceptors (Lipinski definition) is 4. The maximum absolute atomic E-state index is 8.83. The van der Waals surface area contributed by atoms with Gasteiger partial charge in [-0.15, -0.1) is 0 Å². The number of amidine groups is 1. The summed E-state index contributed by atoms with van der Waals surface area (Å²) >= 11 is 0. The summed E-state index contributed by atoms with van der Waals surface area (Å²) in [7, 11) is 0. The standard InChI is InChI=1S/C12H22N2O3/c1-3-10(2)17-14-11(13)12(16-9-8-15)6-4-5-7-12/h3,15H,4-9H2,1-2H3,(H2,13,14)/b10-3+. The van der Waals surface area contributed by atoms with Gasteiger partial charge < -0.3 is 20.4 Å². The third kappa shape index (κ3) is 3.71. The van der Waals surface area contributed by atoms with Crippen molar-refractivity contribution in [3.05, 3.63) is 11.8 Å². The first-order chi connectivity index (χ1) is 8.14. The Morgan fingerprint density at radius 1 is 1.47 bits per heavy atom. The third-order valence-corrected chi connectivity index (χ3v) is 3.04. The number of rotatable bonds is 6. The van der Waals surface area contributed by atoms with Crippen molar-refractivity contribution in [3.8, 4) is 0 Å². The molecule has 0 unspecified atom stereocenters. The van der Waals surface area contributed by atoms with E-state index in [0.717, 1.165) is 25.7 Å². The van der Waals surface area contributed by atoms with Crippen LogP contribution in [-0.4, -0.2) is 29.8 Å². The average Bonchev–Trinajstić information content (AvgIpc) is 2.82. The number of oxime groups is 1. The van der Waals surface area contributed by atoms with Crippen molar-refractivity contribution >= 4 is 5.84 Å². The molecular weight excluding hydrogens is 220 g/mol. The zero-order chi connectivity index (χ0) is 12.7. The van der Waals surface area contributed by atoms with Crippen LogP contribution in [0, 0.1) is 0 Å². The molecule has 1 aliphatic carbocycles. The van der Waals surface area contributed by atoms with E-state index in [1.54, 1.807) is 0 Å². The van der Waals surface area contributed by atoms with Crippen LogP contribution in [0.25, 0.3) is 0 Å². The van der Waals surface area contributed by atoms with Crippen molar-refractivity contribution in [2.24, 2.45) is 10.9 Å². The molecule has 0 bridgehead atoms. The monoisotopic (exact) mass is 242 g/mol. The van der Waals surface area contributed by atoms with E-state index in [1.807, 2.05) is 19.9 Å². The zero-order valence-corrected chi connectivity index (χ0v) is 10.6.